The highest BCUT2D eigenvalue weighted by molar-refractivity contribution is 9.10. The van der Waals surface area contributed by atoms with Gasteiger partial charge in [-0.25, -0.2) is 4.79 Å². The van der Waals surface area contributed by atoms with Crippen molar-refractivity contribution < 1.29 is 19.1 Å². The molecule has 2 aromatic rings. The summed E-state index contributed by atoms with van der Waals surface area (Å²) in [4.78, 5) is 35.6. The largest absolute Gasteiger partial charge is 0.444 e. The first-order valence-corrected chi connectivity index (χ1v) is 11.0. The van der Waals surface area contributed by atoms with Crippen LogP contribution in [0.3, 0.4) is 0 Å². The lowest BCUT2D eigenvalue weighted by atomic mass is 10.2. The molecule has 0 spiro atoms. The molecule has 2 aromatic carbocycles. The molecule has 8 heteroatoms. The van der Waals surface area contributed by atoms with Gasteiger partial charge >= 0.3 is 6.09 Å². The SMILES string of the molecule is CC(C)(C)OC(=O)NCCC(=O)NCc1ccc(NC(=O)/C=C/c2cccc(Br)c2)cc1. The van der Waals surface area contributed by atoms with Gasteiger partial charge in [0, 0.05) is 35.7 Å². The molecular weight excluding hydrogens is 474 g/mol. The Hall–Kier alpha value is -3.13. The molecule has 2 rings (SSSR count). The molecule has 0 aromatic heterocycles. The highest BCUT2D eigenvalue weighted by atomic mass is 79.9. The number of hydrogen-bond acceptors (Lipinski definition) is 4. The number of alkyl carbamates (subject to hydrolysis) is 1. The monoisotopic (exact) mass is 501 g/mol. The molecule has 0 aliphatic rings. The zero-order chi connectivity index (χ0) is 23.6. The lowest BCUT2D eigenvalue weighted by Crippen LogP contribution is -2.35. The quantitative estimate of drug-likeness (QED) is 0.459. The summed E-state index contributed by atoms with van der Waals surface area (Å²) in [6.45, 7) is 5.87. The van der Waals surface area contributed by atoms with Gasteiger partial charge in [0.05, 0.1) is 0 Å². The van der Waals surface area contributed by atoms with E-state index in [-0.39, 0.29) is 24.8 Å². The molecule has 3 amide bonds. The fourth-order valence-electron chi connectivity index (χ4n) is 2.55. The molecule has 3 N–H and O–H groups in total. The number of halogens is 1. The predicted molar refractivity (Wildman–Crippen MR) is 129 cm³/mol. The maximum Gasteiger partial charge on any atom is 0.407 e. The molecule has 0 heterocycles. The molecule has 0 atom stereocenters. The standard InChI is InChI=1S/C24H28BrN3O4/c1-24(2,3)32-23(31)26-14-13-21(29)27-16-18-7-10-20(11-8-18)28-22(30)12-9-17-5-4-6-19(25)15-17/h4-12,15H,13-14,16H2,1-3H3,(H,26,31)(H,27,29)(H,28,30)/b12-9+. The second kappa shape index (κ2) is 12.0. The number of nitrogens with one attached hydrogen (secondary N) is 3. The third-order valence-electron chi connectivity index (χ3n) is 4.01. The Morgan fingerprint density at radius 3 is 2.41 bits per heavy atom. The first kappa shape index (κ1) is 25.1. The van der Waals surface area contributed by atoms with Crippen LogP contribution in [0, 0.1) is 0 Å². The predicted octanol–water partition coefficient (Wildman–Crippen LogP) is 4.63. The summed E-state index contributed by atoms with van der Waals surface area (Å²) >= 11 is 3.40. The maximum absolute atomic E-state index is 12.1. The molecule has 32 heavy (non-hydrogen) atoms. The zero-order valence-corrected chi connectivity index (χ0v) is 20.0. The molecule has 0 fully saturated rings. The Labute approximate surface area is 196 Å². The molecule has 7 nitrogen and oxygen atoms in total. The van der Waals surface area contributed by atoms with Crippen LogP contribution in [0.1, 0.15) is 38.3 Å². The third kappa shape index (κ3) is 10.3. The molecule has 170 valence electrons. The van der Waals surface area contributed by atoms with Gasteiger partial charge in [-0.3, -0.25) is 9.59 Å². The Morgan fingerprint density at radius 2 is 1.75 bits per heavy atom. The van der Waals surface area contributed by atoms with Crippen molar-refractivity contribution in [3.05, 3.63) is 70.2 Å². The van der Waals surface area contributed by atoms with Crippen molar-refractivity contribution in [2.75, 3.05) is 11.9 Å². The van der Waals surface area contributed by atoms with Gasteiger partial charge in [0.25, 0.3) is 0 Å². The maximum atomic E-state index is 12.1. The fourth-order valence-corrected chi connectivity index (χ4v) is 2.97. The van der Waals surface area contributed by atoms with Crippen molar-refractivity contribution in [3.8, 4) is 0 Å². The number of amides is 3. The van der Waals surface area contributed by atoms with Crippen LogP contribution in [0.15, 0.2) is 59.1 Å². The van der Waals surface area contributed by atoms with Crippen molar-refractivity contribution in [1.29, 1.82) is 0 Å². The third-order valence-corrected chi connectivity index (χ3v) is 4.50. The van der Waals surface area contributed by atoms with Gasteiger partial charge in [-0.2, -0.15) is 0 Å². The minimum absolute atomic E-state index is 0.151. The Morgan fingerprint density at radius 1 is 1.03 bits per heavy atom. The van der Waals surface area contributed by atoms with E-state index in [9.17, 15) is 14.4 Å². The summed E-state index contributed by atoms with van der Waals surface area (Å²) in [5.41, 5.74) is 1.89. The number of hydrogen-bond donors (Lipinski definition) is 3. The zero-order valence-electron chi connectivity index (χ0n) is 18.4. The summed E-state index contributed by atoms with van der Waals surface area (Å²) in [5.74, 6) is -0.417. The molecule has 0 saturated carbocycles. The second-order valence-corrected chi connectivity index (χ2v) is 8.95. The molecule has 0 radical (unpaired) electrons. The van der Waals surface area contributed by atoms with Crippen molar-refractivity contribution in [3.63, 3.8) is 0 Å². The van der Waals surface area contributed by atoms with E-state index < -0.39 is 11.7 Å². The summed E-state index contributed by atoms with van der Waals surface area (Å²) < 4.78 is 6.06. The van der Waals surface area contributed by atoms with E-state index in [1.807, 2.05) is 36.4 Å². The number of benzene rings is 2. The van der Waals surface area contributed by atoms with E-state index in [1.54, 1.807) is 39.0 Å². The van der Waals surface area contributed by atoms with Gasteiger partial charge in [-0.1, -0.05) is 40.2 Å². The van der Waals surface area contributed by atoms with E-state index in [2.05, 4.69) is 31.9 Å². The van der Waals surface area contributed by atoms with E-state index in [4.69, 9.17) is 4.74 Å². The minimum Gasteiger partial charge on any atom is -0.444 e. The number of anilines is 1. The summed E-state index contributed by atoms with van der Waals surface area (Å²) in [6, 6.07) is 14.8. The van der Waals surface area contributed by atoms with Crippen LogP contribution in [0.2, 0.25) is 0 Å². The van der Waals surface area contributed by atoms with Gasteiger partial charge in [-0.05, 0) is 62.2 Å². The lowest BCUT2D eigenvalue weighted by Gasteiger charge is -2.19. The van der Waals surface area contributed by atoms with Crippen LogP contribution in [0.4, 0.5) is 10.5 Å². The normalized spacial score (nSPS) is 11.1. The summed E-state index contributed by atoms with van der Waals surface area (Å²) in [7, 11) is 0. The Balaban J connectivity index is 1.71. The van der Waals surface area contributed by atoms with E-state index >= 15 is 0 Å². The molecular formula is C24H28BrN3O4. The molecule has 0 saturated heterocycles. The van der Waals surface area contributed by atoms with Crippen LogP contribution in [0.25, 0.3) is 6.08 Å². The topological polar surface area (TPSA) is 96.5 Å². The molecule has 0 aliphatic carbocycles. The highest BCUT2D eigenvalue weighted by Gasteiger charge is 2.15. The van der Waals surface area contributed by atoms with Gasteiger partial charge < -0.3 is 20.7 Å². The van der Waals surface area contributed by atoms with Crippen LogP contribution in [-0.4, -0.2) is 30.1 Å². The van der Waals surface area contributed by atoms with Crippen LogP contribution < -0.4 is 16.0 Å². The number of carbonyl (C=O) groups excluding carboxylic acids is 3. The average molecular weight is 502 g/mol. The number of carbonyl (C=O) groups is 3. The van der Waals surface area contributed by atoms with Gasteiger partial charge in [-0.15, -0.1) is 0 Å². The minimum atomic E-state index is -0.576. The van der Waals surface area contributed by atoms with Crippen molar-refractivity contribution in [1.82, 2.24) is 10.6 Å². The first-order chi connectivity index (χ1) is 15.1. The summed E-state index contributed by atoms with van der Waals surface area (Å²) in [6.07, 6.45) is 2.81. The Kier molecular flexibility index (Phi) is 9.46. The highest BCUT2D eigenvalue weighted by Crippen LogP contribution is 2.13. The van der Waals surface area contributed by atoms with Crippen molar-refractivity contribution in [2.45, 2.75) is 39.3 Å². The van der Waals surface area contributed by atoms with Gasteiger partial charge in [0.1, 0.15) is 5.60 Å². The number of rotatable bonds is 8. The fraction of sp³-hybridized carbons (Fsp3) is 0.292. The number of ether oxygens (including phenoxy) is 1. The molecule has 0 unspecified atom stereocenters. The van der Waals surface area contributed by atoms with Crippen molar-refractivity contribution >= 4 is 45.6 Å². The average Bonchev–Trinajstić information content (AvgIpc) is 2.70. The van der Waals surface area contributed by atoms with E-state index in [0.29, 0.717) is 12.2 Å². The smallest absolute Gasteiger partial charge is 0.407 e. The van der Waals surface area contributed by atoms with E-state index in [1.165, 1.54) is 6.08 Å². The molecule has 0 bridgehead atoms. The lowest BCUT2D eigenvalue weighted by molar-refractivity contribution is -0.121. The van der Waals surface area contributed by atoms with Crippen LogP contribution >= 0.6 is 15.9 Å². The van der Waals surface area contributed by atoms with Crippen LogP contribution in [-0.2, 0) is 20.9 Å². The van der Waals surface area contributed by atoms with Crippen LogP contribution in [0.5, 0.6) is 0 Å². The van der Waals surface area contributed by atoms with Gasteiger partial charge in [0.2, 0.25) is 11.8 Å². The first-order valence-electron chi connectivity index (χ1n) is 10.2. The van der Waals surface area contributed by atoms with Crippen molar-refractivity contribution in [2.24, 2.45) is 0 Å². The molecule has 0 aliphatic heterocycles. The van der Waals surface area contributed by atoms with Gasteiger partial charge in [0.15, 0.2) is 0 Å². The summed E-state index contributed by atoms with van der Waals surface area (Å²) in [5, 5.41) is 8.13. The second-order valence-electron chi connectivity index (χ2n) is 8.03. The van der Waals surface area contributed by atoms with E-state index in [0.717, 1.165) is 15.6 Å². The Bertz CT molecular complexity index is 966.